The summed E-state index contributed by atoms with van der Waals surface area (Å²) >= 11 is 1.68. The Labute approximate surface area is 178 Å². The van der Waals surface area contributed by atoms with Gasteiger partial charge in [-0.2, -0.15) is 0 Å². The van der Waals surface area contributed by atoms with Gasteiger partial charge in [0.25, 0.3) is 0 Å². The third-order valence-electron chi connectivity index (χ3n) is 4.97. The third kappa shape index (κ3) is 3.69. The van der Waals surface area contributed by atoms with E-state index < -0.39 is 0 Å². The fourth-order valence-corrected chi connectivity index (χ4v) is 4.51. The van der Waals surface area contributed by atoms with Gasteiger partial charge in [0.05, 0.1) is 22.3 Å². The molecule has 6 heteroatoms. The first-order valence-electron chi connectivity index (χ1n) is 9.75. The third-order valence-corrected chi connectivity index (χ3v) is 6.03. The quantitative estimate of drug-likeness (QED) is 0.429. The predicted octanol–water partition coefficient (Wildman–Crippen LogP) is 5.41. The molecule has 0 aliphatic carbocycles. The number of thiazole rings is 1. The van der Waals surface area contributed by atoms with Crippen molar-refractivity contribution in [2.24, 2.45) is 0 Å². The number of fused-ring (bicyclic) bond motifs is 2. The maximum atomic E-state index is 12.5. The van der Waals surface area contributed by atoms with Gasteiger partial charge in [-0.25, -0.2) is 9.97 Å². The highest BCUT2D eigenvalue weighted by Crippen LogP contribution is 2.31. The van der Waals surface area contributed by atoms with Gasteiger partial charge in [-0.3, -0.25) is 4.79 Å². The van der Waals surface area contributed by atoms with Crippen molar-refractivity contribution in [2.45, 2.75) is 20.3 Å². The Hall–Kier alpha value is -3.51. The summed E-state index contributed by atoms with van der Waals surface area (Å²) in [6, 6.07) is 18.1. The molecule has 0 atom stereocenters. The van der Waals surface area contributed by atoms with E-state index in [0.29, 0.717) is 0 Å². The number of pyridine rings is 1. The molecule has 0 saturated heterocycles. The van der Waals surface area contributed by atoms with Gasteiger partial charge in [-0.05, 0) is 73.5 Å². The Balaban J connectivity index is 1.29. The van der Waals surface area contributed by atoms with Crippen LogP contribution in [0.4, 0.5) is 5.69 Å². The van der Waals surface area contributed by atoms with Crippen molar-refractivity contribution in [2.75, 3.05) is 5.32 Å². The van der Waals surface area contributed by atoms with E-state index in [-0.39, 0.29) is 12.3 Å². The number of hydrogen-bond acceptors (Lipinski definition) is 4. The average molecular weight is 413 g/mol. The number of carbonyl (C=O) groups is 1. The van der Waals surface area contributed by atoms with Gasteiger partial charge in [0, 0.05) is 23.6 Å². The van der Waals surface area contributed by atoms with E-state index in [1.807, 2.05) is 60.1 Å². The average Bonchev–Trinajstić information content (AvgIpc) is 3.31. The summed E-state index contributed by atoms with van der Waals surface area (Å²) in [6.45, 7) is 4.11. The summed E-state index contributed by atoms with van der Waals surface area (Å²) in [7, 11) is 0. The standard InChI is InChI=1S/C24H20N4OS/c1-15-3-8-20-21(11-15)30-24(27-20)17-4-6-18(7-5-17)26-23(29)13-19-14-28-10-9-16(2)12-22(28)25-19/h3-12,14H,13H2,1-2H3,(H,26,29). The fraction of sp³-hybridized carbons (Fsp3) is 0.125. The van der Waals surface area contributed by atoms with Gasteiger partial charge in [-0.15, -0.1) is 11.3 Å². The number of aromatic nitrogens is 3. The number of imidazole rings is 1. The first-order chi connectivity index (χ1) is 14.5. The van der Waals surface area contributed by atoms with E-state index in [1.165, 1.54) is 10.3 Å². The highest BCUT2D eigenvalue weighted by Gasteiger charge is 2.10. The number of hydrogen-bond donors (Lipinski definition) is 1. The van der Waals surface area contributed by atoms with E-state index in [1.54, 1.807) is 11.3 Å². The number of nitrogens with one attached hydrogen (secondary N) is 1. The molecule has 0 spiro atoms. The molecule has 0 bridgehead atoms. The van der Waals surface area contributed by atoms with Gasteiger partial charge in [-0.1, -0.05) is 6.07 Å². The number of rotatable bonds is 4. The molecule has 0 aliphatic heterocycles. The molecule has 0 saturated carbocycles. The SMILES string of the molecule is Cc1ccc2nc(-c3ccc(NC(=O)Cc4cn5ccc(C)cc5n4)cc3)sc2c1. The maximum absolute atomic E-state index is 12.5. The topological polar surface area (TPSA) is 59.3 Å². The molecule has 5 aromatic rings. The maximum Gasteiger partial charge on any atom is 0.230 e. The summed E-state index contributed by atoms with van der Waals surface area (Å²) in [5, 5.41) is 3.93. The molecule has 0 radical (unpaired) electrons. The summed E-state index contributed by atoms with van der Waals surface area (Å²) in [5.74, 6) is -0.0849. The van der Waals surface area contributed by atoms with Crippen LogP contribution in [-0.4, -0.2) is 20.3 Å². The lowest BCUT2D eigenvalue weighted by atomic mass is 10.2. The number of anilines is 1. The highest BCUT2D eigenvalue weighted by molar-refractivity contribution is 7.21. The minimum atomic E-state index is -0.0849. The Kier molecular flexibility index (Phi) is 4.56. The molecular weight excluding hydrogens is 392 g/mol. The van der Waals surface area contributed by atoms with Crippen molar-refractivity contribution in [3.63, 3.8) is 0 Å². The minimum Gasteiger partial charge on any atom is -0.326 e. The zero-order valence-electron chi connectivity index (χ0n) is 16.7. The van der Waals surface area contributed by atoms with Gasteiger partial charge < -0.3 is 9.72 Å². The first-order valence-corrected chi connectivity index (χ1v) is 10.6. The number of amides is 1. The van der Waals surface area contributed by atoms with Crippen LogP contribution in [0.25, 0.3) is 26.4 Å². The second-order valence-electron chi connectivity index (χ2n) is 7.49. The van der Waals surface area contributed by atoms with E-state index in [2.05, 4.69) is 35.4 Å². The normalized spacial score (nSPS) is 11.3. The smallest absolute Gasteiger partial charge is 0.230 e. The number of benzene rings is 2. The van der Waals surface area contributed by atoms with Crippen molar-refractivity contribution in [3.05, 3.63) is 83.8 Å². The number of nitrogens with zero attached hydrogens (tertiary/aromatic N) is 3. The highest BCUT2D eigenvalue weighted by atomic mass is 32.1. The Bertz CT molecular complexity index is 1380. The molecule has 3 aromatic heterocycles. The molecule has 0 aliphatic rings. The molecule has 148 valence electrons. The largest absolute Gasteiger partial charge is 0.326 e. The first kappa shape index (κ1) is 18.5. The summed E-state index contributed by atoms with van der Waals surface area (Å²) in [6.07, 6.45) is 4.09. The van der Waals surface area contributed by atoms with Crippen LogP contribution in [0.2, 0.25) is 0 Å². The van der Waals surface area contributed by atoms with Crippen LogP contribution >= 0.6 is 11.3 Å². The molecule has 30 heavy (non-hydrogen) atoms. The molecule has 5 rings (SSSR count). The lowest BCUT2D eigenvalue weighted by Crippen LogP contribution is -2.14. The van der Waals surface area contributed by atoms with Gasteiger partial charge in [0.2, 0.25) is 5.91 Å². The van der Waals surface area contributed by atoms with Crippen molar-refractivity contribution >= 4 is 38.8 Å². The molecule has 2 aromatic carbocycles. The Morgan fingerprint density at radius 2 is 1.80 bits per heavy atom. The van der Waals surface area contributed by atoms with Gasteiger partial charge >= 0.3 is 0 Å². The van der Waals surface area contributed by atoms with E-state index in [0.717, 1.165) is 38.7 Å². The van der Waals surface area contributed by atoms with Crippen LogP contribution in [0.15, 0.2) is 67.0 Å². The molecule has 1 N–H and O–H groups in total. The van der Waals surface area contributed by atoms with Gasteiger partial charge in [0.15, 0.2) is 0 Å². The van der Waals surface area contributed by atoms with Crippen LogP contribution in [0.3, 0.4) is 0 Å². The molecular formula is C24H20N4OS. The van der Waals surface area contributed by atoms with E-state index >= 15 is 0 Å². The Morgan fingerprint density at radius 1 is 1.00 bits per heavy atom. The van der Waals surface area contributed by atoms with Crippen molar-refractivity contribution in [3.8, 4) is 10.6 Å². The number of carbonyl (C=O) groups excluding carboxylic acids is 1. The molecule has 0 fully saturated rings. The van der Waals surface area contributed by atoms with Crippen LogP contribution in [0.5, 0.6) is 0 Å². The molecule has 3 heterocycles. The zero-order chi connectivity index (χ0) is 20.7. The van der Waals surface area contributed by atoms with Gasteiger partial charge in [0.1, 0.15) is 10.7 Å². The van der Waals surface area contributed by atoms with Crippen LogP contribution in [0, 0.1) is 13.8 Å². The molecule has 1 amide bonds. The van der Waals surface area contributed by atoms with Crippen LogP contribution in [0.1, 0.15) is 16.8 Å². The van der Waals surface area contributed by atoms with Crippen molar-refractivity contribution in [1.82, 2.24) is 14.4 Å². The zero-order valence-corrected chi connectivity index (χ0v) is 17.5. The summed E-state index contributed by atoms with van der Waals surface area (Å²) < 4.78 is 3.12. The van der Waals surface area contributed by atoms with Crippen LogP contribution < -0.4 is 5.32 Å². The minimum absolute atomic E-state index is 0.0849. The second kappa shape index (κ2) is 7.39. The van der Waals surface area contributed by atoms with Crippen LogP contribution in [-0.2, 0) is 11.2 Å². The fourth-order valence-electron chi connectivity index (χ4n) is 3.44. The lowest BCUT2D eigenvalue weighted by molar-refractivity contribution is -0.115. The van der Waals surface area contributed by atoms with E-state index in [4.69, 9.17) is 4.98 Å². The molecule has 0 unspecified atom stereocenters. The summed E-state index contributed by atoms with van der Waals surface area (Å²) in [4.78, 5) is 21.7. The van der Waals surface area contributed by atoms with E-state index in [9.17, 15) is 4.79 Å². The van der Waals surface area contributed by atoms with Crippen molar-refractivity contribution in [1.29, 1.82) is 0 Å². The van der Waals surface area contributed by atoms with Crippen molar-refractivity contribution < 1.29 is 4.79 Å². The predicted molar refractivity (Wildman–Crippen MR) is 122 cm³/mol. The molecule has 5 nitrogen and oxygen atoms in total. The summed E-state index contributed by atoms with van der Waals surface area (Å²) in [5.41, 5.74) is 6.81. The Morgan fingerprint density at radius 3 is 2.63 bits per heavy atom. The lowest BCUT2D eigenvalue weighted by Gasteiger charge is -2.04. The number of aryl methyl sites for hydroxylation is 2. The monoisotopic (exact) mass is 412 g/mol. The second-order valence-corrected chi connectivity index (χ2v) is 8.52.